The highest BCUT2D eigenvalue weighted by molar-refractivity contribution is 7.10. The van der Waals surface area contributed by atoms with Gasteiger partial charge in [-0.25, -0.2) is 0 Å². The summed E-state index contributed by atoms with van der Waals surface area (Å²) in [5.74, 6) is 0.155. The van der Waals surface area contributed by atoms with Crippen LogP contribution in [-0.2, 0) is 6.42 Å². The Balaban J connectivity index is 2.12. The second kappa shape index (κ2) is 6.70. The Kier molecular flexibility index (Phi) is 5.18. The van der Waals surface area contributed by atoms with Gasteiger partial charge in [0, 0.05) is 42.5 Å². The number of hydrogen-bond donors (Lipinski definition) is 1. The first kappa shape index (κ1) is 15.5. The van der Waals surface area contributed by atoms with Gasteiger partial charge in [0.15, 0.2) is 0 Å². The Labute approximate surface area is 125 Å². The first-order chi connectivity index (χ1) is 9.58. The van der Waals surface area contributed by atoms with Gasteiger partial charge in [-0.05, 0) is 32.4 Å². The normalized spacial score (nSPS) is 20.4. The number of piperazine rings is 1. The van der Waals surface area contributed by atoms with Crippen molar-refractivity contribution in [3.63, 3.8) is 0 Å². The number of thiophene rings is 1. The summed E-state index contributed by atoms with van der Waals surface area (Å²) in [5, 5.41) is 11.1. The minimum absolute atomic E-state index is 0.155. The van der Waals surface area contributed by atoms with Gasteiger partial charge in [-0.1, -0.05) is 6.92 Å². The fraction of sp³-hybridized carbons (Fsp3) is 0.667. The predicted octanol–water partition coefficient (Wildman–Crippen LogP) is 1.76. The zero-order valence-electron chi connectivity index (χ0n) is 12.6. The highest BCUT2D eigenvalue weighted by Crippen LogP contribution is 2.24. The molecule has 2 heterocycles. The van der Waals surface area contributed by atoms with Gasteiger partial charge in [0.05, 0.1) is 5.56 Å². The Hall–Kier alpha value is -0.910. The van der Waals surface area contributed by atoms with Gasteiger partial charge in [0.1, 0.15) is 0 Å². The third kappa shape index (κ3) is 3.05. The SMILES string of the molecule is CCc1c(C(=O)N2CCN(C)C(CCO)C2)csc1C. The van der Waals surface area contributed by atoms with Crippen LogP contribution in [0, 0.1) is 6.92 Å². The monoisotopic (exact) mass is 296 g/mol. The van der Waals surface area contributed by atoms with Crippen LogP contribution in [0.1, 0.15) is 34.1 Å². The molecule has 1 amide bonds. The van der Waals surface area contributed by atoms with E-state index in [0.29, 0.717) is 6.54 Å². The largest absolute Gasteiger partial charge is 0.396 e. The van der Waals surface area contributed by atoms with Crippen LogP contribution in [0.3, 0.4) is 0 Å². The third-order valence-electron chi connectivity index (χ3n) is 4.21. The summed E-state index contributed by atoms with van der Waals surface area (Å²) in [5.41, 5.74) is 2.07. The van der Waals surface area contributed by atoms with Crippen molar-refractivity contribution in [3.05, 3.63) is 21.4 Å². The molecule has 0 aromatic carbocycles. The Morgan fingerprint density at radius 1 is 1.50 bits per heavy atom. The van der Waals surface area contributed by atoms with Crippen LogP contribution >= 0.6 is 11.3 Å². The molecule has 1 atom stereocenters. The van der Waals surface area contributed by atoms with Crippen molar-refractivity contribution in [2.45, 2.75) is 32.7 Å². The first-order valence-electron chi connectivity index (χ1n) is 7.25. The predicted molar refractivity (Wildman–Crippen MR) is 82.5 cm³/mol. The van der Waals surface area contributed by atoms with Crippen LogP contribution in [-0.4, -0.2) is 60.1 Å². The summed E-state index contributed by atoms with van der Waals surface area (Å²) in [7, 11) is 2.06. The van der Waals surface area contributed by atoms with E-state index in [0.717, 1.165) is 31.5 Å². The third-order valence-corrected chi connectivity index (χ3v) is 5.17. The molecule has 0 spiro atoms. The quantitative estimate of drug-likeness (QED) is 0.921. The van der Waals surface area contributed by atoms with Gasteiger partial charge >= 0.3 is 0 Å². The fourth-order valence-corrected chi connectivity index (χ4v) is 3.79. The summed E-state index contributed by atoms with van der Waals surface area (Å²) < 4.78 is 0. The minimum atomic E-state index is 0.155. The molecule has 1 unspecified atom stereocenters. The molecule has 112 valence electrons. The Bertz CT molecular complexity index is 472. The number of carbonyl (C=O) groups excluding carboxylic acids is 1. The van der Waals surface area contributed by atoms with Crippen molar-refractivity contribution in [2.75, 3.05) is 33.3 Å². The lowest BCUT2D eigenvalue weighted by Crippen LogP contribution is -2.53. The second-order valence-electron chi connectivity index (χ2n) is 5.44. The summed E-state index contributed by atoms with van der Waals surface area (Å²) >= 11 is 1.66. The second-order valence-corrected chi connectivity index (χ2v) is 6.52. The van der Waals surface area contributed by atoms with E-state index >= 15 is 0 Å². The molecule has 0 radical (unpaired) electrons. The molecule has 1 fully saturated rings. The summed E-state index contributed by atoms with van der Waals surface area (Å²) in [6.45, 7) is 6.72. The molecule has 1 aliphatic rings. The van der Waals surface area contributed by atoms with E-state index in [4.69, 9.17) is 5.11 Å². The number of aliphatic hydroxyl groups excluding tert-OH is 1. The molecule has 5 heteroatoms. The molecule has 1 aliphatic heterocycles. The first-order valence-corrected chi connectivity index (χ1v) is 8.13. The van der Waals surface area contributed by atoms with Crippen LogP contribution in [0.15, 0.2) is 5.38 Å². The number of rotatable bonds is 4. The van der Waals surface area contributed by atoms with Gasteiger partial charge in [0.25, 0.3) is 5.91 Å². The van der Waals surface area contributed by atoms with E-state index in [2.05, 4.69) is 25.8 Å². The van der Waals surface area contributed by atoms with Gasteiger partial charge in [-0.3, -0.25) is 9.69 Å². The molecule has 2 rings (SSSR count). The average molecular weight is 296 g/mol. The molecule has 1 aromatic heterocycles. The van der Waals surface area contributed by atoms with E-state index < -0.39 is 0 Å². The molecule has 0 bridgehead atoms. The van der Waals surface area contributed by atoms with Crippen LogP contribution in [0.2, 0.25) is 0 Å². The number of hydrogen-bond acceptors (Lipinski definition) is 4. The summed E-state index contributed by atoms with van der Waals surface area (Å²) in [4.78, 5) is 18.1. The van der Waals surface area contributed by atoms with E-state index in [1.807, 2.05) is 10.3 Å². The lowest BCUT2D eigenvalue weighted by atomic mass is 10.1. The number of likely N-dealkylation sites (N-methyl/N-ethyl adjacent to an activating group) is 1. The van der Waals surface area contributed by atoms with E-state index in [9.17, 15) is 4.79 Å². The van der Waals surface area contributed by atoms with Crippen molar-refractivity contribution in [3.8, 4) is 0 Å². The highest BCUT2D eigenvalue weighted by Gasteiger charge is 2.28. The zero-order chi connectivity index (χ0) is 14.7. The maximum absolute atomic E-state index is 12.7. The maximum Gasteiger partial charge on any atom is 0.255 e. The molecular formula is C15H24N2O2S. The molecule has 1 aromatic rings. The number of aliphatic hydroxyl groups is 1. The summed E-state index contributed by atoms with van der Waals surface area (Å²) in [6, 6.07) is 0.266. The smallest absolute Gasteiger partial charge is 0.255 e. The van der Waals surface area contributed by atoms with Gasteiger partial charge in [0.2, 0.25) is 0 Å². The van der Waals surface area contributed by atoms with Crippen LogP contribution in [0.25, 0.3) is 0 Å². The maximum atomic E-state index is 12.7. The fourth-order valence-electron chi connectivity index (χ4n) is 2.86. The van der Waals surface area contributed by atoms with Crippen LogP contribution in [0.4, 0.5) is 0 Å². The molecule has 4 nitrogen and oxygen atoms in total. The lowest BCUT2D eigenvalue weighted by Gasteiger charge is -2.39. The number of aryl methyl sites for hydroxylation is 1. The number of nitrogens with zero attached hydrogens (tertiary/aromatic N) is 2. The van der Waals surface area contributed by atoms with Crippen LogP contribution < -0.4 is 0 Å². The van der Waals surface area contributed by atoms with Crippen molar-refractivity contribution >= 4 is 17.2 Å². The highest BCUT2D eigenvalue weighted by atomic mass is 32.1. The standard InChI is InChI=1S/C15H24N2O2S/c1-4-13-11(2)20-10-14(13)15(19)17-7-6-16(3)12(9-17)5-8-18/h10,12,18H,4-9H2,1-3H3. The Morgan fingerprint density at radius 3 is 2.90 bits per heavy atom. The lowest BCUT2D eigenvalue weighted by molar-refractivity contribution is 0.0500. The topological polar surface area (TPSA) is 43.8 Å². The molecule has 1 saturated heterocycles. The number of amides is 1. The van der Waals surface area contributed by atoms with Crippen molar-refractivity contribution in [1.82, 2.24) is 9.80 Å². The van der Waals surface area contributed by atoms with Gasteiger partial charge in [-0.15, -0.1) is 11.3 Å². The van der Waals surface area contributed by atoms with Gasteiger partial charge in [-0.2, -0.15) is 0 Å². The van der Waals surface area contributed by atoms with Crippen molar-refractivity contribution in [1.29, 1.82) is 0 Å². The molecular weight excluding hydrogens is 272 g/mol. The van der Waals surface area contributed by atoms with Gasteiger partial charge < -0.3 is 10.0 Å². The molecule has 0 saturated carbocycles. The van der Waals surface area contributed by atoms with E-state index in [1.54, 1.807) is 11.3 Å². The molecule has 0 aliphatic carbocycles. The number of carbonyl (C=O) groups is 1. The zero-order valence-corrected chi connectivity index (χ0v) is 13.4. The van der Waals surface area contributed by atoms with E-state index in [-0.39, 0.29) is 18.6 Å². The average Bonchev–Trinajstić information content (AvgIpc) is 2.81. The molecule has 1 N–H and O–H groups in total. The minimum Gasteiger partial charge on any atom is -0.396 e. The van der Waals surface area contributed by atoms with Crippen LogP contribution in [0.5, 0.6) is 0 Å². The summed E-state index contributed by atoms with van der Waals surface area (Å²) in [6.07, 6.45) is 1.63. The van der Waals surface area contributed by atoms with Crippen molar-refractivity contribution in [2.24, 2.45) is 0 Å². The Morgan fingerprint density at radius 2 is 2.25 bits per heavy atom. The molecule has 20 heavy (non-hydrogen) atoms. The van der Waals surface area contributed by atoms with Crippen molar-refractivity contribution < 1.29 is 9.90 Å². The van der Waals surface area contributed by atoms with E-state index in [1.165, 1.54) is 10.4 Å².